The van der Waals surface area contributed by atoms with Gasteiger partial charge in [0, 0.05) is 19.5 Å². The van der Waals surface area contributed by atoms with E-state index in [0.717, 1.165) is 6.54 Å². The van der Waals surface area contributed by atoms with E-state index in [1.165, 1.54) is 0 Å². The van der Waals surface area contributed by atoms with Crippen LogP contribution in [0.25, 0.3) is 0 Å². The molecule has 1 aliphatic heterocycles. The maximum Gasteiger partial charge on any atom is 0.0692 e. The predicted octanol–water partition coefficient (Wildman–Crippen LogP) is -0.566. The first-order valence-electron chi connectivity index (χ1n) is 3.81. The van der Waals surface area contributed by atoms with E-state index in [-0.39, 0.29) is 12.2 Å². The molecule has 1 aliphatic rings. The lowest BCUT2D eigenvalue weighted by Crippen LogP contribution is -2.45. The lowest BCUT2D eigenvalue weighted by atomic mass is 10.1. The lowest BCUT2D eigenvalue weighted by Gasteiger charge is -2.32. The third-order valence-electron chi connectivity index (χ3n) is 1.93. The fraction of sp³-hybridized carbons (Fsp3) is 1.00. The second kappa shape index (κ2) is 3.32. The molecule has 0 aromatic heterocycles. The summed E-state index contributed by atoms with van der Waals surface area (Å²) in [5, 5.41) is 18.4. The molecule has 0 bridgehead atoms. The van der Waals surface area contributed by atoms with Crippen LogP contribution in [0, 0.1) is 0 Å². The molecule has 0 aromatic carbocycles. The molecule has 1 heterocycles. The minimum Gasteiger partial charge on any atom is -0.392 e. The molecule has 0 spiro atoms. The van der Waals surface area contributed by atoms with Crippen molar-refractivity contribution < 1.29 is 10.2 Å². The van der Waals surface area contributed by atoms with Crippen LogP contribution < -0.4 is 0 Å². The van der Waals surface area contributed by atoms with Gasteiger partial charge in [-0.2, -0.15) is 0 Å². The fourth-order valence-electron chi connectivity index (χ4n) is 1.39. The Morgan fingerprint density at radius 1 is 1.30 bits per heavy atom. The fourth-order valence-corrected chi connectivity index (χ4v) is 1.39. The Labute approximate surface area is 61.3 Å². The highest BCUT2D eigenvalue weighted by Crippen LogP contribution is 2.09. The molecule has 0 aromatic rings. The van der Waals surface area contributed by atoms with E-state index in [0.29, 0.717) is 19.5 Å². The van der Waals surface area contributed by atoms with Crippen LogP contribution in [-0.4, -0.2) is 47.0 Å². The van der Waals surface area contributed by atoms with Crippen LogP contribution in [0.15, 0.2) is 0 Å². The topological polar surface area (TPSA) is 43.7 Å². The van der Waals surface area contributed by atoms with Gasteiger partial charge in [0.2, 0.25) is 0 Å². The summed E-state index contributed by atoms with van der Waals surface area (Å²) in [6.45, 7) is 4.38. The van der Waals surface area contributed by atoms with Gasteiger partial charge in [0.05, 0.1) is 12.2 Å². The number of hydrogen-bond donors (Lipinski definition) is 2. The summed E-state index contributed by atoms with van der Waals surface area (Å²) in [6, 6.07) is 0. The SMILES string of the molecule is CCN1C[C@H](O)C[C@@H](O)C1. The van der Waals surface area contributed by atoms with Crippen molar-refractivity contribution in [1.82, 2.24) is 4.90 Å². The van der Waals surface area contributed by atoms with Gasteiger partial charge < -0.3 is 10.2 Å². The molecule has 3 nitrogen and oxygen atoms in total. The number of β-amino-alcohol motifs (C(OH)–C–C–N with tert-alkyl or cyclic N) is 2. The van der Waals surface area contributed by atoms with Crippen LogP contribution >= 0.6 is 0 Å². The smallest absolute Gasteiger partial charge is 0.0692 e. The second-order valence-corrected chi connectivity index (χ2v) is 2.90. The van der Waals surface area contributed by atoms with Gasteiger partial charge in [0.1, 0.15) is 0 Å². The number of likely N-dealkylation sites (N-methyl/N-ethyl adjacent to an activating group) is 1. The molecule has 1 fully saturated rings. The molecule has 60 valence electrons. The van der Waals surface area contributed by atoms with E-state index in [4.69, 9.17) is 0 Å². The molecular weight excluding hydrogens is 130 g/mol. The van der Waals surface area contributed by atoms with Crippen LogP contribution in [0.5, 0.6) is 0 Å². The highest BCUT2D eigenvalue weighted by Gasteiger charge is 2.22. The zero-order valence-corrected chi connectivity index (χ0v) is 6.32. The number of rotatable bonds is 1. The molecule has 1 rings (SSSR count). The molecule has 1 saturated heterocycles. The van der Waals surface area contributed by atoms with E-state index >= 15 is 0 Å². The van der Waals surface area contributed by atoms with Crippen LogP contribution in [0.4, 0.5) is 0 Å². The summed E-state index contributed by atoms with van der Waals surface area (Å²) in [7, 11) is 0. The molecule has 0 unspecified atom stereocenters. The van der Waals surface area contributed by atoms with Crippen LogP contribution in [-0.2, 0) is 0 Å². The van der Waals surface area contributed by atoms with Gasteiger partial charge in [-0.15, -0.1) is 0 Å². The van der Waals surface area contributed by atoms with Gasteiger partial charge in [-0.25, -0.2) is 0 Å². The van der Waals surface area contributed by atoms with Crippen molar-refractivity contribution in [3.8, 4) is 0 Å². The quantitative estimate of drug-likeness (QED) is 0.519. The van der Waals surface area contributed by atoms with Crippen molar-refractivity contribution >= 4 is 0 Å². The number of likely N-dealkylation sites (tertiary alicyclic amines) is 1. The minimum atomic E-state index is -0.330. The van der Waals surface area contributed by atoms with Gasteiger partial charge >= 0.3 is 0 Å². The zero-order chi connectivity index (χ0) is 7.56. The summed E-state index contributed by atoms with van der Waals surface area (Å²) in [5.74, 6) is 0. The maximum absolute atomic E-state index is 9.18. The van der Waals surface area contributed by atoms with E-state index in [9.17, 15) is 10.2 Å². The molecule has 10 heavy (non-hydrogen) atoms. The number of aliphatic hydroxyl groups is 2. The van der Waals surface area contributed by atoms with Gasteiger partial charge in [0.15, 0.2) is 0 Å². The Morgan fingerprint density at radius 3 is 2.20 bits per heavy atom. The van der Waals surface area contributed by atoms with E-state index in [1.807, 2.05) is 6.92 Å². The Morgan fingerprint density at radius 2 is 1.80 bits per heavy atom. The van der Waals surface area contributed by atoms with Crippen LogP contribution in [0.2, 0.25) is 0 Å². The molecule has 0 amide bonds. The monoisotopic (exact) mass is 145 g/mol. The average Bonchev–Trinajstić information content (AvgIpc) is 1.85. The highest BCUT2D eigenvalue weighted by molar-refractivity contribution is 4.76. The van der Waals surface area contributed by atoms with Gasteiger partial charge in [-0.3, -0.25) is 4.90 Å². The number of aliphatic hydroxyl groups excluding tert-OH is 2. The first-order valence-corrected chi connectivity index (χ1v) is 3.81. The van der Waals surface area contributed by atoms with Crippen molar-refractivity contribution in [2.75, 3.05) is 19.6 Å². The van der Waals surface area contributed by atoms with E-state index in [1.54, 1.807) is 0 Å². The standard InChI is InChI=1S/C7H15NO2/c1-2-8-4-6(9)3-7(10)5-8/h6-7,9-10H,2-5H2,1H3/t6-,7-/m1/s1. The average molecular weight is 145 g/mol. The molecule has 0 radical (unpaired) electrons. The van der Waals surface area contributed by atoms with Crippen molar-refractivity contribution in [2.24, 2.45) is 0 Å². The Balaban J connectivity index is 2.35. The highest BCUT2D eigenvalue weighted by atomic mass is 16.3. The Bertz CT molecular complexity index is 97.8. The molecule has 0 saturated carbocycles. The van der Waals surface area contributed by atoms with Crippen molar-refractivity contribution in [1.29, 1.82) is 0 Å². The maximum atomic E-state index is 9.18. The van der Waals surface area contributed by atoms with E-state index in [2.05, 4.69) is 4.90 Å². The minimum absolute atomic E-state index is 0.330. The Kier molecular flexibility index (Phi) is 2.65. The van der Waals surface area contributed by atoms with Crippen LogP contribution in [0.3, 0.4) is 0 Å². The number of nitrogens with zero attached hydrogens (tertiary/aromatic N) is 1. The summed E-state index contributed by atoms with van der Waals surface area (Å²) >= 11 is 0. The number of hydrogen-bond acceptors (Lipinski definition) is 3. The first kappa shape index (κ1) is 7.98. The first-order chi connectivity index (χ1) is 4.72. The third kappa shape index (κ3) is 1.94. The van der Waals surface area contributed by atoms with Gasteiger partial charge in [0.25, 0.3) is 0 Å². The number of piperidine rings is 1. The lowest BCUT2D eigenvalue weighted by molar-refractivity contribution is -0.00589. The summed E-state index contributed by atoms with van der Waals surface area (Å²) in [6.07, 6.45) is -0.122. The summed E-state index contributed by atoms with van der Waals surface area (Å²) in [5.41, 5.74) is 0. The zero-order valence-electron chi connectivity index (χ0n) is 6.32. The summed E-state index contributed by atoms with van der Waals surface area (Å²) < 4.78 is 0. The van der Waals surface area contributed by atoms with Crippen LogP contribution in [0.1, 0.15) is 13.3 Å². The molecule has 0 aliphatic carbocycles. The molecule has 2 N–H and O–H groups in total. The molecular formula is C7H15NO2. The molecule has 2 atom stereocenters. The molecule has 3 heteroatoms. The van der Waals surface area contributed by atoms with Crippen molar-refractivity contribution in [3.63, 3.8) is 0 Å². The van der Waals surface area contributed by atoms with Gasteiger partial charge in [-0.05, 0) is 6.54 Å². The largest absolute Gasteiger partial charge is 0.392 e. The second-order valence-electron chi connectivity index (χ2n) is 2.90. The third-order valence-corrected chi connectivity index (χ3v) is 1.93. The summed E-state index contributed by atoms with van der Waals surface area (Å²) in [4.78, 5) is 2.05. The Hall–Kier alpha value is -0.120. The van der Waals surface area contributed by atoms with E-state index < -0.39 is 0 Å². The van der Waals surface area contributed by atoms with Crippen molar-refractivity contribution in [3.05, 3.63) is 0 Å². The predicted molar refractivity (Wildman–Crippen MR) is 38.7 cm³/mol. The van der Waals surface area contributed by atoms with Gasteiger partial charge in [-0.1, -0.05) is 6.92 Å². The van der Waals surface area contributed by atoms with Crippen molar-refractivity contribution in [2.45, 2.75) is 25.6 Å². The normalized spacial score (nSPS) is 36.3.